The van der Waals surface area contributed by atoms with Crippen LogP contribution in [0.3, 0.4) is 0 Å². The lowest BCUT2D eigenvalue weighted by atomic mass is 10.1. The predicted octanol–water partition coefficient (Wildman–Crippen LogP) is 2.42. The van der Waals surface area contributed by atoms with Gasteiger partial charge in [0, 0.05) is 20.6 Å². The van der Waals surface area contributed by atoms with Crippen molar-refractivity contribution in [3.05, 3.63) is 46.3 Å². The molecule has 6 heteroatoms. The number of nitrogens with zero attached hydrogens (tertiary/aromatic N) is 3. The highest BCUT2D eigenvalue weighted by Gasteiger charge is 2.27. The molecule has 2 aromatic heterocycles. The van der Waals surface area contributed by atoms with Crippen LogP contribution in [0.15, 0.2) is 35.7 Å². The number of hydrogen-bond acceptors (Lipinski definition) is 5. The van der Waals surface area contributed by atoms with E-state index in [0.29, 0.717) is 19.7 Å². The summed E-state index contributed by atoms with van der Waals surface area (Å²) in [5, 5.41) is 1.92. The Morgan fingerprint density at radius 2 is 2.23 bits per heavy atom. The number of morpholine rings is 1. The van der Waals surface area contributed by atoms with E-state index in [4.69, 9.17) is 4.74 Å². The predicted molar refractivity (Wildman–Crippen MR) is 87.5 cm³/mol. The Labute approximate surface area is 134 Å². The van der Waals surface area contributed by atoms with Crippen molar-refractivity contribution in [2.24, 2.45) is 0 Å². The number of amides is 1. The van der Waals surface area contributed by atoms with Gasteiger partial charge in [-0.05, 0) is 23.6 Å². The van der Waals surface area contributed by atoms with Gasteiger partial charge in [-0.15, -0.1) is 11.3 Å². The fourth-order valence-corrected chi connectivity index (χ4v) is 3.13. The largest absolute Gasteiger partial charge is 0.368 e. The van der Waals surface area contributed by atoms with Crippen molar-refractivity contribution in [2.45, 2.75) is 6.10 Å². The smallest absolute Gasteiger partial charge is 0.264 e. The van der Waals surface area contributed by atoms with Crippen LogP contribution >= 0.6 is 11.3 Å². The van der Waals surface area contributed by atoms with Crippen LogP contribution in [0.5, 0.6) is 0 Å². The molecule has 0 saturated carbocycles. The molecule has 0 aromatic carbocycles. The second kappa shape index (κ2) is 6.46. The summed E-state index contributed by atoms with van der Waals surface area (Å²) in [4.78, 5) is 21.7. The molecular formula is C16H19N3O2S. The van der Waals surface area contributed by atoms with Crippen LogP contribution < -0.4 is 4.90 Å². The number of carbonyl (C=O) groups excluding carboxylic acids is 1. The minimum Gasteiger partial charge on any atom is -0.368 e. The van der Waals surface area contributed by atoms with Gasteiger partial charge in [0.15, 0.2) is 0 Å². The minimum atomic E-state index is -0.169. The molecule has 0 spiro atoms. The Morgan fingerprint density at radius 3 is 2.95 bits per heavy atom. The van der Waals surface area contributed by atoms with Gasteiger partial charge in [0.25, 0.3) is 5.91 Å². The number of pyridine rings is 1. The van der Waals surface area contributed by atoms with Gasteiger partial charge >= 0.3 is 0 Å². The summed E-state index contributed by atoms with van der Waals surface area (Å²) in [6.07, 6.45) is -0.169. The van der Waals surface area contributed by atoms with Crippen LogP contribution in [0.2, 0.25) is 0 Å². The zero-order valence-electron chi connectivity index (χ0n) is 12.7. The van der Waals surface area contributed by atoms with Crippen molar-refractivity contribution >= 4 is 23.1 Å². The molecule has 1 saturated heterocycles. The minimum absolute atomic E-state index is 0.0760. The van der Waals surface area contributed by atoms with Crippen molar-refractivity contribution in [2.75, 3.05) is 38.7 Å². The summed E-state index contributed by atoms with van der Waals surface area (Å²) < 4.78 is 5.82. The Morgan fingerprint density at radius 1 is 1.36 bits per heavy atom. The molecule has 1 atom stereocenters. The van der Waals surface area contributed by atoms with E-state index in [1.165, 1.54) is 11.3 Å². The first-order valence-electron chi connectivity index (χ1n) is 7.24. The Bertz CT molecular complexity index is 643. The number of rotatable bonds is 3. The van der Waals surface area contributed by atoms with Crippen molar-refractivity contribution in [1.29, 1.82) is 0 Å². The first-order chi connectivity index (χ1) is 10.6. The average Bonchev–Trinajstić information content (AvgIpc) is 3.09. The number of ether oxygens (including phenoxy) is 1. The monoisotopic (exact) mass is 317 g/mol. The molecule has 1 aliphatic heterocycles. The average molecular weight is 317 g/mol. The zero-order valence-corrected chi connectivity index (χ0v) is 13.5. The molecule has 1 fully saturated rings. The van der Waals surface area contributed by atoms with Gasteiger partial charge in [0.1, 0.15) is 11.9 Å². The van der Waals surface area contributed by atoms with Crippen LogP contribution in [0.25, 0.3) is 0 Å². The fraction of sp³-hybridized carbons (Fsp3) is 0.375. The summed E-state index contributed by atoms with van der Waals surface area (Å²) in [5.41, 5.74) is 0.870. The van der Waals surface area contributed by atoms with Gasteiger partial charge in [-0.25, -0.2) is 4.98 Å². The highest BCUT2D eigenvalue weighted by Crippen LogP contribution is 2.24. The van der Waals surface area contributed by atoms with E-state index in [9.17, 15) is 4.79 Å². The lowest BCUT2D eigenvalue weighted by Crippen LogP contribution is -2.42. The second-order valence-electron chi connectivity index (χ2n) is 5.40. The van der Waals surface area contributed by atoms with Crippen LogP contribution in [0, 0.1) is 0 Å². The number of anilines is 1. The summed E-state index contributed by atoms with van der Waals surface area (Å²) in [5.74, 6) is 0.967. The van der Waals surface area contributed by atoms with Crippen LogP contribution in [0.1, 0.15) is 21.5 Å². The number of carbonyl (C=O) groups is 1. The molecule has 1 aliphatic rings. The maximum absolute atomic E-state index is 12.5. The van der Waals surface area contributed by atoms with E-state index >= 15 is 0 Å². The van der Waals surface area contributed by atoms with Gasteiger partial charge in [0.2, 0.25) is 0 Å². The molecule has 0 aliphatic carbocycles. The Kier molecular flexibility index (Phi) is 4.40. The number of aromatic nitrogens is 1. The van der Waals surface area contributed by atoms with E-state index in [1.54, 1.807) is 0 Å². The first-order valence-corrected chi connectivity index (χ1v) is 8.12. The van der Waals surface area contributed by atoms with Gasteiger partial charge in [-0.3, -0.25) is 4.79 Å². The molecule has 116 valence electrons. The molecule has 1 amide bonds. The standard InChI is InChI=1S/C16H19N3O2S/c1-18(2)15-7-3-5-12(17-15)13-11-19(8-9-21-13)16(20)14-6-4-10-22-14/h3-7,10,13H,8-9,11H2,1-2H3. The Balaban J connectivity index is 1.75. The van der Waals surface area contributed by atoms with Gasteiger partial charge in [0.05, 0.1) is 23.7 Å². The lowest BCUT2D eigenvalue weighted by Gasteiger charge is -2.32. The molecule has 0 N–H and O–H groups in total. The third-order valence-electron chi connectivity index (χ3n) is 3.63. The summed E-state index contributed by atoms with van der Waals surface area (Å²) in [6.45, 7) is 1.71. The first kappa shape index (κ1) is 15.0. The molecule has 1 unspecified atom stereocenters. The van der Waals surface area contributed by atoms with Crippen LogP contribution in [-0.2, 0) is 4.74 Å². The zero-order chi connectivity index (χ0) is 15.5. The lowest BCUT2D eigenvalue weighted by molar-refractivity contribution is -0.0245. The van der Waals surface area contributed by atoms with E-state index in [-0.39, 0.29) is 12.0 Å². The maximum atomic E-state index is 12.5. The van der Waals surface area contributed by atoms with E-state index in [2.05, 4.69) is 4.98 Å². The van der Waals surface area contributed by atoms with E-state index in [1.807, 2.05) is 59.6 Å². The molecule has 5 nitrogen and oxygen atoms in total. The van der Waals surface area contributed by atoms with Crippen molar-refractivity contribution < 1.29 is 9.53 Å². The molecule has 3 rings (SSSR count). The van der Waals surface area contributed by atoms with Gasteiger partial charge < -0.3 is 14.5 Å². The van der Waals surface area contributed by atoms with Crippen LogP contribution in [-0.4, -0.2) is 49.6 Å². The fourth-order valence-electron chi connectivity index (χ4n) is 2.44. The topological polar surface area (TPSA) is 45.7 Å². The van der Waals surface area contributed by atoms with Crippen molar-refractivity contribution in [3.63, 3.8) is 0 Å². The molecule has 0 radical (unpaired) electrons. The Hall–Kier alpha value is -1.92. The normalized spacial score (nSPS) is 18.3. The second-order valence-corrected chi connectivity index (χ2v) is 6.35. The summed E-state index contributed by atoms with van der Waals surface area (Å²) in [6, 6.07) is 9.65. The number of hydrogen-bond donors (Lipinski definition) is 0. The van der Waals surface area contributed by atoms with Crippen LogP contribution in [0.4, 0.5) is 5.82 Å². The van der Waals surface area contributed by atoms with Crippen molar-refractivity contribution in [1.82, 2.24) is 9.88 Å². The highest BCUT2D eigenvalue weighted by atomic mass is 32.1. The molecule has 0 bridgehead atoms. The maximum Gasteiger partial charge on any atom is 0.264 e. The van der Waals surface area contributed by atoms with E-state index < -0.39 is 0 Å². The SMILES string of the molecule is CN(C)c1cccc(C2CN(C(=O)c3cccs3)CCO2)n1. The number of thiophene rings is 1. The third-order valence-corrected chi connectivity index (χ3v) is 4.49. The third kappa shape index (κ3) is 3.13. The molecular weight excluding hydrogens is 298 g/mol. The molecule has 22 heavy (non-hydrogen) atoms. The molecule has 3 heterocycles. The van der Waals surface area contributed by atoms with Gasteiger partial charge in [-0.2, -0.15) is 0 Å². The summed E-state index contributed by atoms with van der Waals surface area (Å²) >= 11 is 1.47. The summed E-state index contributed by atoms with van der Waals surface area (Å²) in [7, 11) is 3.92. The van der Waals surface area contributed by atoms with Gasteiger partial charge in [-0.1, -0.05) is 12.1 Å². The molecule has 2 aromatic rings. The quantitative estimate of drug-likeness (QED) is 0.872. The van der Waals surface area contributed by atoms with E-state index in [0.717, 1.165) is 16.4 Å². The van der Waals surface area contributed by atoms with Crippen molar-refractivity contribution in [3.8, 4) is 0 Å². The highest BCUT2D eigenvalue weighted by molar-refractivity contribution is 7.12.